The van der Waals surface area contributed by atoms with E-state index < -0.39 is 0 Å². The van der Waals surface area contributed by atoms with Gasteiger partial charge in [0.05, 0.1) is 19.9 Å². The molecular formula is C15H16N2O3S. The second-order valence-corrected chi connectivity index (χ2v) is 5.77. The van der Waals surface area contributed by atoms with Gasteiger partial charge in [-0.25, -0.2) is 4.98 Å². The zero-order valence-corrected chi connectivity index (χ0v) is 12.7. The average Bonchev–Trinajstić information content (AvgIpc) is 3.27. The molecule has 1 heterocycles. The highest BCUT2D eigenvalue weighted by molar-refractivity contribution is 7.14. The molecule has 0 saturated heterocycles. The van der Waals surface area contributed by atoms with Gasteiger partial charge in [0.1, 0.15) is 11.5 Å². The van der Waals surface area contributed by atoms with E-state index in [9.17, 15) is 4.79 Å². The predicted octanol–water partition coefficient (Wildman–Crippen LogP) is 3.29. The molecule has 1 amide bonds. The monoisotopic (exact) mass is 304 g/mol. The Hall–Kier alpha value is -2.08. The number of anilines is 1. The highest BCUT2D eigenvalue weighted by atomic mass is 32.1. The summed E-state index contributed by atoms with van der Waals surface area (Å²) in [5, 5.41) is 5.46. The summed E-state index contributed by atoms with van der Waals surface area (Å²) in [6, 6.07) is 5.08. The highest BCUT2D eigenvalue weighted by Gasteiger charge is 2.26. The third-order valence-electron chi connectivity index (χ3n) is 3.35. The van der Waals surface area contributed by atoms with E-state index in [1.165, 1.54) is 24.2 Å². The fourth-order valence-electron chi connectivity index (χ4n) is 2.02. The Balaban J connectivity index is 1.77. The van der Waals surface area contributed by atoms with Crippen molar-refractivity contribution in [3.05, 3.63) is 34.8 Å². The lowest BCUT2D eigenvalue weighted by molar-refractivity contribution is 0.102. The van der Waals surface area contributed by atoms with Gasteiger partial charge in [-0.05, 0) is 25.0 Å². The molecule has 21 heavy (non-hydrogen) atoms. The van der Waals surface area contributed by atoms with Crippen molar-refractivity contribution in [2.75, 3.05) is 19.5 Å². The van der Waals surface area contributed by atoms with E-state index >= 15 is 0 Å². The van der Waals surface area contributed by atoms with Gasteiger partial charge in [-0.2, -0.15) is 0 Å². The SMILES string of the molecule is COc1cc(OC)cc(C(=O)Nc2nc(C3CC3)cs2)c1. The molecule has 6 heteroatoms. The first-order valence-electron chi connectivity index (χ1n) is 6.69. The number of carbonyl (C=O) groups excluding carboxylic acids is 1. The third kappa shape index (κ3) is 3.16. The minimum Gasteiger partial charge on any atom is -0.497 e. The molecule has 1 saturated carbocycles. The summed E-state index contributed by atoms with van der Waals surface area (Å²) in [6.45, 7) is 0. The van der Waals surface area contributed by atoms with Crippen LogP contribution in [0.25, 0.3) is 0 Å². The minimum atomic E-state index is -0.219. The van der Waals surface area contributed by atoms with Gasteiger partial charge in [-0.15, -0.1) is 11.3 Å². The molecule has 1 N–H and O–H groups in total. The Morgan fingerprint density at radius 3 is 2.48 bits per heavy atom. The number of aromatic nitrogens is 1. The maximum absolute atomic E-state index is 12.3. The minimum absolute atomic E-state index is 0.219. The second kappa shape index (κ2) is 5.73. The number of amides is 1. The number of methoxy groups -OCH3 is 2. The molecule has 1 aromatic carbocycles. The Morgan fingerprint density at radius 1 is 1.24 bits per heavy atom. The van der Waals surface area contributed by atoms with Crippen molar-refractivity contribution in [3.8, 4) is 11.5 Å². The Bertz CT molecular complexity index is 642. The zero-order chi connectivity index (χ0) is 14.8. The molecule has 1 fully saturated rings. The van der Waals surface area contributed by atoms with Crippen LogP contribution in [-0.4, -0.2) is 25.1 Å². The van der Waals surface area contributed by atoms with Crippen LogP contribution in [0, 0.1) is 0 Å². The number of ether oxygens (including phenoxy) is 2. The summed E-state index contributed by atoms with van der Waals surface area (Å²) in [6.07, 6.45) is 2.40. The number of nitrogens with zero attached hydrogens (tertiary/aromatic N) is 1. The number of rotatable bonds is 5. The zero-order valence-electron chi connectivity index (χ0n) is 11.9. The molecule has 5 nitrogen and oxygen atoms in total. The second-order valence-electron chi connectivity index (χ2n) is 4.91. The number of thiazole rings is 1. The van der Waals surface area contributed by atoms with E-state index in [2.05, 4.69) is 10.3 Å². The van der Waals surface area contributed by atoms with Gasteiger partial charge >= 0.3 is 0 Å². The molecule has 1 aliphatic carbocycles. The normalized spacial score (nSPS) is 13.8. The van der Waals surface area contributed by atoms with Crippen LogP contribution in [-0.2, 0) is 0 Å². The first-order valence-corrected chi connectivity index (χ1v) is 7.57. The van der Waals surface area contributed by atoms with Gasteiger partial charge in [0, 0.05) is 22.9 Å². The van der Waals surface area contributed by atoms with Crippen molar-refractivity contribution in [2.45, 2.75) is 18.8 Å². The quantitative estimate of drug-likeness (QED) is 0.921. The van der Waals surface area contributed by atoms with Crippen LogP contribution >= 0.6 is 11.3 Å². The Labute approximate surface area is 126 Å². The number of hydrogen-bond donors (Lipinski definition) is 1. The topological polar surface area (TPSA) is 60.5 Å². The summed E-state index contributed by atoms with van der Waals surface area (Å²) < 4.78 is 10.3. The summed E-state index contributed by atoms with van der Waals surface area (Å²) >= 11 is 1.46. The fourth-order valence-corrected chi connectivity index (χ4v) is 2.81. The maximum Gasteiger partial charge on any atom is 0.257 e. The van der Waals surface area contributed by atoms with Gasteiger partial charge in [0.25, 0.3) is 5.91 Å². The molecule has 0 unspecified atom stereocenters. The van der Waals surface area contributed by atoms with E-state index in [4.69, 9.17) is 9.47 Å². The third-order valence-corrected chi connectivity index (χ3v) is 4.13. The lowest BCUT2D eigenvalue weighted by Gasteiger charge is -2.08. The van der Waals surface area contributed by atoms with Crippen LogP contribution in [0.4, 0.5) is 5.13 Å². The number of benzene rings is 1. The van der Waals surface area contributed by atoms with Crippen LogP contribution in [0.1, 0.15) is 34.8 Å². The molecule has 2 aromatic rings. The number of carbonyl (C=O) groups is 1. The van der Waals surface area contributed by atoms with Crippen molar-refractivity contribution >= 4 is 22.4 Å². The molecule has 110 valence electrons. The van der Waals surface area contributed by atoms with E-state index in [0.717, 1.165) is 5.69 Å². The number of hydrogen-bond acceptors (Lipinski definition) is 5. The van der Waals surface area contributed by atoms with E-state index in [-0.39, 0.29) is 5.91 Å². The fraction of sp³-hybridized carbons (Fsp3) is 0.333. The van der Waals surface area contributed by atoms with Crippen LogP contribution in [0.15, 0.2) is 23.6 Å². The van der Waals surface area contributed by atoms with Crippen LogP contribution in [0.5, 0.6) is 11.5 Å². The summed E-state index contributed by atoms with van der Waals surface area (Å²) in [4.78, 5) is 16.7. The molecule has 3 rings (SSSR count). The molecular weight excluding hydrogens is 288 g/mol. The van der Waals surface area contributed by atoms with Crippen molar-refractivity contribution in [1.82, 2.24) is 4.98 Å². The van der Waals surface area contributed by atoms with Crippen LogP contribution in [0.3, 0.4) is 0 Å². The Morgan fingerprint density at radius 2 is 1.90 bits per heavy atom. The van der Waals surface area contributed by atoms with Gasteiger partial charge in [0.2, 0.25) is 0 Å². The lowest BCUT2D eigenvalue weighted by atomic mass is 10.2. The average molecular weight is 304 g/mol. The molecule has 0 bridgehead atoms. The van der Waals surface area contributed by atoms with Crippen molar-refractivity contribution in [2.24, 2.45) is 0 Å². The maximum atomic E-state index is 12.3. The summed E-state index contributed by atoms with van der Waals surface area (Å²) in [7, 11) is 3.11. The lowest BCUT2D eigenvalue weighted by Crippen LogP contribution is -2.12. The van der Waals surface area contributed by atoms with Crippen molar-refractivity contribution in [1.29, 1.82) is 0 Å². The van der Waals surface area contributed by atoms with E-state index in [1.54, 1.807) is 32.4 Å². The molecule has 1 aliphatic rings. The predicted molar refractivity (Wildman–Crippen MR) is 81.6 cm³/mol. The molecule has 0 atom stereocenters. The van der Waals surface area contributed by atoms with Crippen molar-refractivity contribution < 1.29 is 14.3 Å². The molecule has 0 spiro atoms. The first kappa shape index (κ1) is 13.9. The number of nitrogens with one attached hydrogen (secondary N) is 1. The van der Waals surface area contributed by atoms with Crippen LogP contribution in [0.2, 0.25) is 0 Å². The first-order chi connectivity index (χ1) is 10.2. The standard InChI is InChI=1S/C15H16N2O3S/c1-19-11-5-10(6-12(7-11)20-2)14(18)17-15-16-13(8-21-15)9-3-4-9/h5-9H,3-4H2,1-2H3,(H,16,17,18). The van der Waals surface area contributed by atoms with Gasteiger partial charge in [0.15, 0.2) is 5.13 Å². The highest BCUT2D eigenvalue weighted by Crippen LogP contribution is 2.40. The van der Waals surface area contributed by atoms with E-state index in [1.807, 2.05) is 5.38 Å². The summed E-state index contributed by atoms with van der Waals surface area (Å²) in [5.41, 5.74) is 1.56. The van der Waals surface area contributed by atoms with Gasteiger partial charge in [-0.1, -0.05) is 0 Å². The van der Waals surface area contributed by atoms with Gasteiger partial charge in [-0.3, -0.25) is 10.1 Å². The largest absolute Gasteiger partial charge is 0.497 e. The Kier molecular flexibility index (Phi) is 3.79. The molecule has 1 aromatic heterocycles. The van der Waals surface area contributed by atoms with Crippen LogP contribution < -0.4 is 14.8 Å². The van der Waals surface area contributed by atoms with Crippen molar-refractivity contribution in [3.63, 3.8) is 0 Å². The molecule has 0 aliphatic heterocycles. The summed E-state index contributed by atoms with van der Waals surface area (Å²) in [5.74, 6) is 1.53. The smallest absolute Gasteiger partial charge is 0.257 e. The van der Waals surface area contributed by atoms with Gasteiger partial charge < -0.3 is 9.47 Å². The van der Waals surface area contributed by atoms with E-state index in [0.29, 0.717) is 28.1 Å². The molecule has 0 radical (unpaired) electrons.